The van der Waals surface area contributed by atoms with E-state index in [4.69, 9.17) is 20.3 Å². The largest absolute Gasteiger partial charge is 0.493 e. The van der Waals surface area contributed by atoms with Gasteiger partial charge in [-0.05, 0) is 42.5 Å². The van der Waals surface area contributed by atoms with E-state index in [1.165, 1.54) is 6.33 Å². The molecule has 0 saturated carbocycles. The van der Waals surface area contributed by atoms with Crippen molar-refractivity contribution in [3.05, 3.63) is 78.6 Å². The van der Waals surface area contributed by atoms with Gasteiger partial charge in [-0.3, -0.25) is 0 Å². The number of methoxy groups -OCH3 is 1. The van der Waals surface area contributed by atoms with E-state index in [9.17, 15) is 0 Å². The number of nitrogens with zero attached hydrogens (tertiary/aromatic N) is 2. The lowest BCUT2D eigenvalue weighted by atomic mass is 10.1. The van der Waals surface area contributed by atoms with E-state index in [0.717, 1.165) is 27.9 Å². The standard InChI is InChI=1S/C25H22N4O3/c1-31-24-14-19(10-12-23(24)32-20-5-3-2-4-6-20)29-25-21-13-17(7-9-18(26)15-30)8-11-22(21)27-16-28-25/h2-6,8,10-14,16,18,30H,15,26H2,1H3,(H,27,28,29). The first-order valence-electron chi connectivity index (χ1n) is 9.97. The highest BCUT2D eigenvalue weighted by Gasteiger charge is 2.10. The lowest BCUT2D eigenvalue weighted by Gasteiger charge is -2.13. The fourth-order valence-corrected chi connectivity index (χ4v) is 3.04. The van der Waals surface area contributed by atoms with Crippen LogP contribution in [0.1, 0.15) is 5.56 Å². The van der Waals surface area contributed by atoms with Crippen LogP contribution in [0.3, 0.4) is 0 Å². The molecule has 1 atom stereocenters. The Kier molecular flexibility index (Phi) is 6.46. The van der Waals surface area contributed by atoms with E-state index in [2.05, 4.69) is 27.1 Å². The highest BCUT2D eigenvalue weighted by atomic mass is 16.5. The van der Waals surface area contributed by atoms with Crippen LogP contribution in [0, 0.1) is 11.8 Å². The molecule has 1 aromatic heterocycles. The molecule has 7 heteroatoms. The van der Waals surface area contributed by atoms with Gasteiger partial charge >= 0.3 is 0 Å². The Bertz CT molecular complexity index is 1280. The molecule has 32 heavy (non-hydrogen) atoms. The molecule has 1 unspecified atom stereocenters. The van der Waals surface area contributed by atoms with Gasteiger partial charge in [-0.1, -0.05) is 30.0 Å². The number of hydrogen-bond donors (Lipinski definition) is 3. The Hall–Kier alpha value is -4.12. The number of aromatic nitrogens is 2. The van der Waals surface area contributed by atoms with Crippen molar-refractivity contribution in [1.29, 1.82) is 0 Å². The van der Waals surface area contributed by atoms with Crippen LogP contribution in [0.4, 0.5) is 11.5 Å². The highest BCUT2D eigenvalue weighted by molar-refractivity contribution is 5.91. The smallest absolute Gasteiger partial charge is 0.169 e. The molecule has 0 amide bonds. The van der Waals surface area contributed by atoms with Crippen molar-refractivity contribution in [2.24, 2.45) is 5.73 Å². The third-order valence-corrected chi connectivity index (χ3v) is 4.63. The fraction of sp³-hybridized carbons (Fsp3) is 0.120. The minimum absolute atomic E-state index is 0.192. The van der Waals surface area contributed by atoms with Gasteiger partial charge in [-0.15, -0.1) is 0 Å². The first-order valence-corrected chi connectivity index (χ1v) is 9.97. The monoisotopic (exact) mass is 426 g/mol. The molecule has 0 saturated heterocycles. The van der Waals surface area contributed by atoms with Crippen LogP contribution in [0.2, 0.25) is 0 Å². The summed E-state index contributed by atoms with van der Waals surface area (Å²) in [5, 5.41) is 13.2. The van der Waals surface area contributed by atoms with Crippen LogP contribution in [-0.4, -0.2) is 34.8 Å². The minimum Gasteiger partial charge on any atom is -0.493 e. The first kappa shape index (κ1) is 21.1. The van der Waals surface area contributed by atoms with Crippen molar-refractivity contribution in [1.82, 2.24) is 9.97 Å². The summed E-state index contributed by atoms with van der Waals surface area (Å²) in [5.74, 6) is 8.33. The molecule has 0 radical (unpaired) electrons. The predicted octanol–water partition coefficient (Wildman–Crippen LogP) is 3.85. The van der Waals surface area contributed by atoms with Gasteiger partial charge in [0.1, 0.15) is 17.9 Å². The van der Waals surface area contributed by atoms with E-state index in [0.29, 0.717) is 17.3 Å². The molecule has 0 aliphatic carbocycles. The van der Waals surface area contributed by atoms with Crippen LogP contribution < -0.4 is 20.5 Å². The van der Waals surface area contributed by atoms with Crippen molar-refractivity contribution in [2.45, 2.75) is 6.04 Å². The molecular formula is C25H22N4O3. The average Bonchev–Trinajstić information content (AvgIpc) is 2.84. The van der Waals surface area contributed by atoms with Crippen LogP contribution in [0.15, 0.2) is 73.1 Å². The van der Waals surface area contributed by atoms with Gasteiger partial charge in [0.2, 0.25) is 0 Å². The third kappa shape index (κ3) is 4.95. The number of nitrogens with two attached hydrogens (primary N) is 1. The van der Waals surface area contributed by atoms with Crippen LogP contribution >= 0.6 is 0 Å². The molecule has 160 valence electrons. The zero-order valence-corrected chi connectivity index (χ0v) is 17.4. The molecule has 4 N–H and O–H groups in total. The Morgan fingerprint density at radius 1 is 1.03 bits per heavy atom. The van der Waals surface area contributed by atoms with Gasteiger partial charge in [-0.25, -0.2) is 9.97 Å². The number of hydrogen-bond acceptors (Lipinski definition) is 7. The topological polar surface area (TPSA) is 103 Å². The molecule has 0 fully saturated rings. The highest BCUT2D eigenvalue weighted by Crippen LogP contribution is 2.35. The second-order valence-corrected chi connectivity index (χ2v) is 6.92. The van der Waals surface area contributed by atoms with E-state index < -0.39 is 6.04 Å². The Morgan fingerprint density at radius 3 is 2.66 bits per heavy atom. The summed E-state index contributed by atoms with van der Waals surface area (Å²) in [6.07, 6.45) is 1.50. The minimum atomic E-state index is -0.584. The summed E-state index contributed by atoms with van der Waals surface area (Å²) >= 11 is 0. The molecule has 0 aliphatic heterocycles. The van der Waals surface area contributed by atoms with E-state index in [-0.39, 0.29) is 6.61 Å². The van der Waals surface area contributed by atoms with Crippen molar-refractivity contribution >= 4 is 22.4 Å². The summed E-state index contributed by atoms with van der Waals surface area (Å²) in [5.41, 5.74) is 7.98. The van der Waals surface area contributed by atoms with Gasteiger partial charge < -0.3 is 25.6 Å². The number of nitrogens with one attached hydrogen (secondary N) is 1. The third-order valence-electron chi connectivity index (χ3n) is 4.63. The van der Waals surface area contributed by atoms with Crippen molar-refractivity contribution in [3.8, 4) is 29.1 Å². The SMILES string of the molecule is COc1cc(Nc2ncnc3ccc(C#CC(N)CO)cc23)ccc1Oc1ccccc1. The van der Waals surface area contributed by atoms with Crippen LogP contribution in [0.25, 0.3) is 10.9 Å². The number of rotatable bonds is 6. The van der Waals surface area contributed by atoms with E-state index in [1.807, 2.05) is 66.7 Å². The number of anilines is 2. The molecular weight excluding hydrogens is 404 g/mol. The summed E-state index contributed by atoms with van der Waals surface area (Å²) in [6, 6.07) is 20.1. The maximum atomic E-state index is 9.06. The number of aliphatic hydroxyl groups is 1. The predicted molar refractivity (Wildman–Crippen MR) is 124 cm³/mol. The van der Waals surface area contributed by atoms with E-state index in [1.54, 1.807) is 7.11 Å². The molecule has 1 heterocycles. The molecule has 4 aromatic rings. The van der Waals surface area contributed by atoms with Crippen molar-refractivity contribution in [2.75, 3.05) is 19.0 Å². The van der Waals surface area contributed by atoms with Crippen LogP contribution in [0.5, 0.6) is 17.2 Å². The molecule has 0 aliphatic rings. The fourth-order valence-electron chi connectivity index (χ4n) is 3.04. The second kappa shape index (κ2) is 9.79. The number of benzene rings is 3. The number of fused-ring (bicyclic) bond motifs is 1. The Balaban J connectivity index is 1.63. The lowest BCUT2D eigenvalue weighted by Crippen LogP contribution is -2.21. The molecule has 3 aromatic carbocycles. The maximum Gasteiger partial charge on any atom is 0.169 e. The molecule has 0 spiro atoms. The Morgan fingerprint density at radius 2 is 1.88 bits per heavy atom. The average molecular weight is 426 g/mol. The van der Waals surface area contributed by atoms with Gasteiger partial charge in [0.25, 0.3) is 0 Å². The number of ether oxygens (including phenoxy) is 2. The second-order valence-electron chi connectivity index (χ2n) is 6.92. The van der Waals surface area contributed by atoms with Gasteiger partial charge in [-0.2, -0.15) is 0 Å². The first-order chi connectivity index (χ1) is 15.7. The van der Waals surface area contributed by atoms with Gasteiger partial charge in [0.05, 0.1) is 25.3 Å². The summed E-state index contributed by atoms with van der Waals surface area (Å²) in [4.78, 5) is 8.72. The van der Waals surface area contributed by atoms with Crippen molar-refractivity contribution < 1.29 is 14.6 Å². The summed E-state index contributed by atoms with van der Waals surface area (Å²) in [6.45, 7) is -0.192. The summed E-state index contributed by atoms with van der Waals surface area (Å²) in [7, 11) is 1.60. The zero-order valence-electron chi connectivity index (χ0n) is 17.4. The van der Waals surface area contributed by atoms with Gasteiger partial charge in [0, 0.05) is 22.7 Å². The zero-order chi connectivity index (χ0) is 22.3. The maximum absolute atomic E-state index is 9.06. The van der Waals surface area contributed by atoms with Crippen LogP contribution in [-0.2, 0) is 0 Å². The number of para-hydroxylation sites is 1. The number of aliphatic hydroxyl groups excluding tert-OH is 1. The molecule has 7 nitrogen and oxygen atoms in total. The van der Waals surface area contributed by atoms with Crippen molar-refractivity contribution in [3.63, 3.8) is 0 Å². The van der Waals surface area contributed by atoms with E-state index >= 15 is 0 Å². The molecule has 0 bridgehead atoms. The van der Waals surface area contributed by atoms with Gasteiger partial charge in [0.15, 0.2) is 11.5 Å². The molecule has 4 rings (SSSR count). The summed E-state index contributed by atoms with van der Waals surface area (Å²) < 4.78 is 11.4. The quantitative estimate of drug-likeness (QED) is 0.403. The lowest BCUT2D eigenvalue weighted by molar-refractivity contribution is 0.287. The normalized spacial score (nSPS) is 11.3. The Labute approximate surface area is 185 Å².